The maximum atomic E-state index is 12.0. The highest BCUT2D eigenvalue weighted by molar-refractivity contribution is 5.76. The van der Waals surface area contributed by atoms with Gasteiger partial charge in [-0.25, -0.2) is 4.79 Å². The Balaban J connectivity index is 1.44. The number of rotatable bonds is 9. The number of hydrogen-bond acceptors (Lipinski definition) is 3. The molecule has 25 heavy (non-hydrogen) atoms. The molecule has 0 aromatic rings. The Bertz CT molecular complexity index is 410. The van der Waals surface area contributed by atoms with Crippen molar-refractivity contribution in [2.45, 2.75) is 89.1 Å². The zero-order valence-electron chi connectivity index (χ0n) is 15.5. The summed E-state index contributed by atoms with van der Waals surface area (Å²) >= 11 is 0. The second-order valence-corrected chi connectivity index (χ2v) is 7.65. The summed E-state index contributed by atoms with van der Waals surface area (Å²) < 4.78 is 0. The van der Waals surface area contributed by atoms with E-state index in [0.717, 1.165) is 44.9 Å². The second-order valence-electron chi connectivity index (χ2n) is 7.65. The van der Waals surface area contributed by atoms with Crippen molar-refractivity contribution < 1.29 is 9.59 Å². The summed E-state index contributed by atoms with van der Waals surface area (Å²) in [6.45, 7) is 1.34. The lowest BCUT2D eigenvalue weighted by Gasteiger charge is -2.22. The van der Waals surface area contributed by atoms with Crippen molar-refractivity contribution >= 4 is 11.9 Å². The van der Waals surface area contributed by atoms with Gasteiger partial charge in [-0.05, 0) is 51.0 Å². The molecule has 0 spiro atoms. The average molecular weight is 353 g/mol. The zero-order chi connectivity index (χ0) is 17.9. The number of unbranched alkanes of at least 4 members (excludes halogenated alkanes) is 2. The van der Waals surface area contributed by atoms with E-state index >= 15 is 0 Å². The van der Waals surface area contributed by atoms with Gasteiger partial charge in [-0.2, -0.15) is 0 Å². The molecule has 2 unspecified atom stereocenters. The highest BCUT2D eigenvalue weighted by Gasteiger charge is 2.26. The Morgan fingerprint density at radius 2 is 1.68 bits per heavy atom. The molecule has 0 radical (unpaired) electrons. The molecule has 2 saturated carbocycles. The fourth-order valence-electron chi connectivity index (χ4n) is 4.06. The van der Waals surface area contributed by atoms with Crippen molar-refractivity contribution in [2.75, 3.05) is 13.1 Å². The van der Waals surface area contributed by atoms with Crippen LogP contribution in [-0.2, 0) is 4.79 Å². The second kappa shape index (κ2) is 11.3. The normalized spacial score (nSPS) is 24.0. The summed E-state index contributed by atoms with van der Waals surface area (Å²) in [6, 6.07) is 0.590. The van der Waals surface area contributed by atoms with E-state index in [9.17, 15) is 9.59 Å². The standard InChI is InChI=1S/C19H36N4O2/c20-14-15-8-7-11-17(15)23-18(24)12-5-2-6-13-21-19(25)22-16-9-3-1-4-10-16/h15-17H,1-14,20H2,(H,23,24)(H2,21,22,25). The van der Waals surface area contributed by atoms with Crippen molar-refractivity contribution in [3.8, 4) is 0 Å². The monoisotopic (exact) mass is 352 g/mol. The number of hydrogen-bond donors (Lipinski definition) is 4. The number of nitrogens with one attached hydrogen (secondary N) is 3. The van der Waals surface area contributed by atoms with Crippen LogP contribution in [0.1, 0.15) is 77.0 Å². The Morgan fingerprint density at radius 3 is 2.44 bits per heavy atom. The van der Waals surface area contributed by atoms with Crippen LogP contribution in [0, 0.1) is 5.92 Å². The van der Waals surface area contributed by atoms with Crippen LogP contribution in [0.5, 0.6) is 0 Å². The minimum atomic E-state index is -0.0429. The van der Waals surface area contributed by atoms with E-state index in [1.54, 1.807) is 0 Å². The third-order valence-electron chi connectivity index (χ3n) is 5.61. The average Bonchev–Trinajstić information content (AvgIpc) is 3.06. The topological polar surface area (TPSA) is 96.2 Å². The SMILES string of the molecule is NCC1CCCC1NC(=O)CCCCCNC(=O)NC1CCCCC1. The summed E-state index contributed by atoms with van der Waals surface area (Å²) in [5.41, 5.74) is 5.75. The highest BCUT2D eigenvalue weighted by Crippen LogP contribution is 2.24. The van der Waals surface area contributed by atoms with E-state index in [0.29, 0.717) is 31.5 Å². The van der Waals surface area contributed by atoms with Crippen molar-refractivity contribution in [1.29, 1.82) is 0 Å². The minimum Gasteiger partial charge on any atom is -0.353 e. The van der Waals surface area contributed by atoms with Gasteiger partial charge >= 0.3 is 6.03 Å². The van der Waals surface area contributed by atoms with Crippen molar-refractivity contribution in [3.63, 3.8) is 0 Å². The number of carbonyl (C=O) groups excluding carboxylic acids is 2. The van der Waals surface area contributed by atoms with E-state index < -0.39 is 0 Å². The lowest BCUT2D eigenvalue weighted by atomic mass is 9.96. The summed E-state index contributed by atoms with van der Waals surface area (Å²) in [7, 11) is 0. The molecule has 144 valence electrons. The van der Waals surface area contributed by atoms with Gasteiger partial charge in [0.15, 0.2) is 0 Å². The highest BCUT2D eigenvalue weighted by atomic mass is 16.2. The molecule has 2 rings (SSSR count). The van der Waals surface area contributed by atoms with Crippen LogP contribution >= 0.6 is 0 Å². The first-order valence-electron chi connectivity index (χ1n) is 10.2. The summed E-state index contributed by atoms with van der Waals surface area (Å²) in [5, 5.41) is 9.12. The van der Waals surface area contributed by atoms with Gasteiger partial charge < -0.3 is 21.7 Å². The molecule has 0 aliphatic heterocycles. The lowest BCUT2D eigenvalue weighted by Crippen LogP contribution is -2.43. The van der Waals surface area contributed by atoms with E-state index in [1.807, 2.05) is 0 Å². The van der Waals surface area contributed by atoms with E-state index in [1.165, 1.54) is 25.7 Å². The van der Waals surface area contributed by atoms with Crippen LogP contribution < -0.4 is 21.7 Å². The number of carbonyl (C=O) groups is 2. The van der Waals surface area contributed by atoms with Gasteiger partial charge in [0.1, 0.15) is 0 Å². The van der Waals surface area contributed by atoms with Crippen LogP contribution in [0.2, 0.25) is 0 Å². The van der Waals surface area contributed by atoms with E-state index in [4.69, 9.17) is 5.73 Å². The first-order valence-corrected chi connectivity index (χ1v) is 10.2. The minimum absolute atomic E-state index is 0.0429. The van der Waals surface area contributed by atoms with Gasteiger partial charge in [-0.3, -0.25) is 4.79 Å². The Hall–Kier alpha value is -1.30. The van der Waals surface area contributed by atoms with Gasteiger partial charge in [0.05, 0.1) is 0 Å². The summed E-state index contributed by atoms with van der Waals surface area (Å²) in [5.74, 6) is 0.601. The van der Waals surface area contributed by atoms with Crippen molar-refractivity contribution in [2.24, 2.45) is 11.7 Å². The van der Waals surface area contributed by atoms with Crippen LogP contribution in [0.15, 0.2) is 0 Å². The van der Waals surface area contributed by atoms with Crippen LogP contribution in [-0.4, -0.2) is 37.1 Å². The molecule has 6 heteroatoms. The third kappa shape index (κ3) is 7.63. The first-order chi connectivity index (χ1) is 12.2. The molecule has 0 aromatic carbocycles. The Kier molecular flexibility index (Phi) is 9.08. The fourth-order valence-corrected chi connectivity index (χ4v) is 4.06. The summed E-state index contributed by atoms with van der Waals surface area (Å²) in [6.07, 6.45) is 12.6. The van der Waals surface area contributed by atoms with Gasteiger partial charge in [0.2, 0.25) is 5.91 Å². The Labute approximate surface area is 152 Å². The number of nitrogens with two attached hydrogens (primary N) is 1. The predicted molar refractivity (Wildman–Crippen MR) is 100 cm³/mol. The molecule has 2 atom stereocenters. The quantitative estimate of drug-likeness (QED) is 0.480. The van der Waals surface area contributed by atoms with Gasteiger partial charge in [-0.1, -0.05) is 32.1 Å². The van der Waals surface area contributed by atoms with Gasteiger partial charge in [0.25, 0.3) is 0 Å². The van der Waals surface area contributed by atoms with Crippen LogP contribution in [0.4, 0.5) is 4.79 Å². The molecule has 5 N–H and O–H groups in total. The maximum Gasteiger partial charge on any atom is 0.315 e. The molecule has 0 saturated heterocycles. The molecular formula is C19H36N4O2. The van der Waals surface area contributed by atoms with Gasteiger partial charge in [-0.15, -0.1) is 0 Å². The number of amides is 3. The third-order valence-corrected chi connectivity index (χ3v) is 5.61. The molecule has 6 nitrogen and oxygen atoms in total. The first kappa shape index (κ1) is 20.0. The van der Waals surface area contributed by atoms with Crippen molar-refractivity contribution in [3.05, 3.63) is 0 Å². The maximum absolute atomic E-state index is 12.0. The fraction of sp³-hybridized carbons (Fsp3) is 0.895. The molecule has 3 amide bonds. The van der Waals surface area contributed by atoms with Crippen LogP contribution in [0.25, 0.3) is 0 Å². The largest absolute Gasteiger partial charge is 0.353 e. The predicted octanol–water partition coefficient (Wildman–Crippen LogP) is 2.42. The molecule has 0 aromatic heterocycles. The van der Waals surface area contributed by atoms with E-state index in [2.05, 4.69) is 16.0 Å². The van der Waals surface area contributed by atoms with E-state index in [-0.39, 0.29) is 18.0 Å². The molecule has 2 aliphatic carbocycles. The molecule has 2 fully saturated rings. The summed E-state index contributed by atoms with van der Waals surface area (Å²) in [4.78, 5) is 23.8. The Morgan fingerprint density at radius 1 is 0.880 bits per heavy atom. The molecular weight excluding hydrogens is 316 g/mol. The molecule has 0 bridgehead atoms. The zero-order valence-corrected chi connectivity index (χ0v) is 15.5. The number of urea groups is 1. The van der Waals surface area contributed by atoms with Gasteiger partial charge in [0, 0.05) is 25.0 Å². The molecule has 0 heterocycles. The lowest BCUT2D eigenvalue weighted by molar-refractivity contribution is -0.122. The molecule has 2 aliphatic rings. The smallest absolute Gasteiger partial charge is 0.315 e. The van der Waals surface area contributed by atoms with Crippen LogP contribution in [0.3, 0.4) is 0 Å². The van der Waals surface area contributed by atoms with Crippen molar-refractivity contribution in [1.82, 2.24) is 16.0 Å².